The normalized spacial score (nSPS) is 10.6. The first-order valence-corrected chi connectivity index (χ1v) is 5.23. The summed E-state index contributed by atoms with van der Waals surface area (Å²) in [6.07, 6.45) is 0. The summed E-state index contributed by atoms with van der Waals surface area (Å²) >= 11 is 0. The second-order valence-electron chi connectivity index (χ2n) is 3.94. The van der Waals surface area contributed by atoms with Gasteiger partial charge >= 0.3 is 5.97 Å². The third-order valence-electron chi connectivity index (χ3n) is 2.55. The van der Waals surface area contributed by atoms with Gasteiger partial charge in [-0.1, -0.05) is 12.1 Å². The van der Waals surface area contributed by atoms with Crippen LogP contribution >= 0.6 is 0 Å². The van der Waals surface area contributed by atoms with Crippen LogP contribution in [0.25, 0.3) is 10.9 Å². The number of aromatic nitrogens is 1. The van der Waals surface area contributed by atoms with Gasteiger partial charge in [0.25, 0.3) is 5.91 Å². The Morgan fingerprint density at radius 3 is 2.78 bits per heavy atom. The number of H-pyrrole nitrogens is 1. The van der Waals surface area contributed by atoms with Gasteiger partial charge < -0.3 is 15.0 Å². The van der Waals surface area contributed by atoms with Crippen molar-refractivity contribution >= 4 is 22.8 Å². The summed E-state index contributed by atoms with van der Waals surface area (Å²) in [5.74, 6) is -2.05. The van der Waals surface area contributed by atoms with E-state index in [9.17, 15) is 14.0 Å². The van der Waals surface area contributed by atoms with Gasteiger partial charge in [0, 0.05) is 12.4 Å². The van der Waals surface area contributed by atoms with Crippen LogP contribution in [-0.4, -0.2) is 40.5 Å². The van der Waals surface area contributed by atoms with E-state index in [0.717, 1.165) is 4.90 Å². The van der Waals surface area contributed by atoms with Crippen LogP contribution in [0.4, 0.5) is 4.39 Å². The average Bonchev–Trinajstić information content (AvgIpc) is 2.72. The lowest BCUT2D eigenvalue weighted by molar-refractivity contribution is -0.137. The van der Waals surface area contributed by atoms with E-state index in [2.05, 4.69) is 4.98 Å². The number of amides is 1. The lowest BCUT2D eigenvalue weighted by Crippen LogP contribution is -2.32. The minimum atomic E-state index is -1.10. The number of carbonyl (C=O) groups is 2. The maximum atomic E-state index is 13.4. The number of likely N-dealkylation sites (N-methyl/N-ethyl adjacent to an activating group) is 1. The van der Waals surface area contributed by atoms with Crippen LogP contribution in [0.2, 0.25) is 0 Å². The standard InChI is InChI=1S/C12H11FN2O3/c1-15(6-10(16)17)12(18)9-5-7-3-2-4-8(13)11(7)14-9/h2-5,14H,6H2,1H3,(H,16,17). The zero-order valence-electron chi connectivity index (χ0n) is 9.61. The molecule has 0 atom stereocenters. The van der Waals surface area contributed by atoms with Crippen molar-refractivity contribution in [1.82, 2.24) is 9.88 Å². The fourth-order valence-corrected chi connectivity index (χ4v) is 1.71. The van der Waals surface area contributed by atoms with Gasteiger partial charge in [0.05, 0.1) is 5.52 Å². The smallest absolute Gasteiger partial charge is 0.323 e. The molecule has 5 nitrogen and oxygen atoms in total. The van der Waals surface area contributed by atoms with Crippen LogP contribution < -0.4 is 0 Å². The molecule has 0 saturated carbocycles. The van der Waals surface area contributed by atoms with Crippen molar-refractivity contribution in [3.8, 4) is 0 Å². The van der Waals surface area contributed by atoms with Gasteiger partial charge in [0.2, 0.25) is 0 Å². The summed E-state index contributed by atoms with van der Waals surface area (Å²) in [4.78, 5) is 26.1. The number of hydrogen-bond acceptors (Lipinski definition) is 2. The molecule has 1 amide bonds. The number of aliphatic carboxylic acids is 1. The SMILES string of the molecule is CN(CC(=O)O)C(=O)c1cc2cccc(F)c2[nH]1. The highest BCUT2D eigenvalue weighted by Crippen LogP contribution is 2.18. The number of aromatic amines is 1. The molecule has 1 heterocycles. The van der Waals surface area contributed by atoms with Crippen molar-refractivity contribution in [3.05, 3.63) is 35.8 Å². The largest absolute Gasteiger partial charge is 0.480 e. The number of para-hydroxylation sites is 1. The molecule has 1 aromatic heterocycles. The van der Waals surface area contributed by atoms with Gasteiger partial charge in [0.15, 0.2) is 0 Å². The molecule has 0 saturated heterocycles. The molecule has 0 bridgehead atoms. The summed E-state index contributed by atoms with van der Waals surface area (Å²) in [5, 5.41) is 9.17. The van der Waals surface area contributed by atoms with Crippen LogP contribution in [0.15, 0.2) is 24.3 Å². The third kappa shape index (κ3) is 2.17. The fraction of sp³-hybridized carbons (Fsp3) is 0.167. The zero-order valence-corrected chi connectivity index (χ0v) is 9.61. The van der Waals surface area contributed by atoms with Crippen molar-refractivity contribution in [2.24, 2.45) is 0 Å². The molecule has 1 aromatic carbocycles. The molecular formula is C12H11FN2O3. The Morgan fingerprint density at radius 1 is 1.44 bits per heavy atom. The Balaban J connectivity index is 2.34. The summed E-state index contributed by atoms with van der Waals surface area (Å²) in [7, 11) is 1.37. The van der Waals surface area contributed by atoms with E-state index in [4.69, 9.17) is 5.11 Å². The highest BCUT2D eigenvalue weighted by atomic mass is 19.1. The Hall–Kier alpha value is -2.37. The van der Waals surface area contributed by atoms with Crippen molar-refractivity contribution in [1.29, 1.82) is 0 Å². The molecular weight excluding hydrogens is 239 g/mol. The number of nitrogens with zero attached hydrogens (tertiary/aromatic N) is 1. The first-order valence-electron chi connectivity index (χ1n) is 5.23. The van der Waals surface area contributed by atoms with Crippen LogP contribution in [0, 0.1) is 5.82 Å². The number of rotatable bonds is 3. The number of carbonyl (C=O) groups excluding carboxylic acids is 1. The van der Waals surface area contributed by atoms with E-state index in [1.54, 1.807) is 12.1 Å². The molecule has 0 aliphatic heterocycles. The Bertz CT molecular complexity index is 621. The Morgan fingerprint density at radius 2 is 2.17 bits per heavy atom. The second-order valence-corrected chi connectivity index (χ2v) is 3.94. The quantitative estimate of drug-likeness (QED) is 0.866. The van der Waals surface area contributed by atoms with E-state index in [1.165, 1.54) is 19.2 Å². The number of carboxylic acid groups (broad SMARTS) is 1. The predicted octanol–water partition coefficient (Wildman–Crippen LogP) is 1.46. The van der Waals surface area contributed by atoms with Gasteiger partial charge in [-0.05, 0) is 12.1 Å². The van der Waals surface area contributed by atoms with Crippen molar-refractivity contribution in [3.63, 3.8) is 0 Å². The average molecular weight is 250 g/mol. The van der Waals surface area contributed by atoms with E-state index in [0.29, 0.717) is 5.39 Å². The molecule has 6 heteroatoms. The van der Waals surface area contributed by atoms with Gasteiger partial charge in [-0.3, -0.25) is 9.59 Å². The number of fused-ring (bicyclic) bond motifs is 1. The molecule has 0 unspecified atom stereocenters. The lowest BCUT2D eigenvalue weighted by atomic mass is 10.2. The highest BCUT2D eigenvalue weighted by Gasteiger charge is 2.17. The van der Waals surface area contributed by atoms with Gasteiger partial charge in [-0.2, -0.15) is 0 Å². The van der Waals surface area contributed by atoms with Gasteiger partial charge in [-0.15, -0.1) is 0 Å². The van der Waals surface area contributed by atoms with E-state index in [-0.39, 0.29) is 11.2 Å². The summed E-state index contributed by atoms with van der Waals surface area (Å²) in [5.41, 5.74) is 0.406. The summed E-state index contributed by atoms with van der Waals surface area (Å²) < 4.78 is 13.4. The van der Waals surface area contributed by atoms with E-state index >= 15 is 0 Å². The first kappa shape index (κ1) is 12.1. The highest BCUT2D eigenvalue weighted by molar-refractivity contribution is 5.99. The molecule has 0 spiro atoms. The van der Waals surface area contributed by atoms with Crippen LogP contribution in [0.3, 0.4) is 0 Å². The third-order valence-corrected chi connectivity index (χ3v) is 2.55. The molecule has 0 fully saturated rings. The molecule has 94 valence electrons. The topological polar surface area (TPSA) is 73.4 Å². The molecule has 2 N–H and O–H groups in total. The monoisotopic (exact) mass is 250 g/mol. The predicted molar refractivity (Wildman–Crippen MR) is 62.9 cm³/mol. The number of nitrogens with one attached hydrogen (secondary N) is 1. The van der Waals surface area contributed by atoms with Crippen molar-refractivity contribution in [2.45, 2.75) is 0 Å². The van der Waals surface area contributed by atoms with Gasteiger partial charge in [-0.25, -0.2) is 4.39 Å². The summed E-state index contributed by atoms with van der Waals surface area (Å²) in [6, 6.07) is 6.00. The number of hydrogen-bond donors (Lipinski definition) is 2. The second kappa shape index (κ2) is 4.48. The van der Waals surface area contributed by atoms with Crippen LogP contribution in [0.1, 0.15) is 10.5 Å². The van der Waals surface area contributed by atoms with Crippen molar-refractivity contribution in [2.75, 3.05) is 13.6 Å². The summed E-state index contributed by atoms with van der Waals surface area (Å²) in [6.45, 7) is -0.406. The molecule has 2 rings (SSSR count). The number of benzene rings is 1. The van der Waals surface area contributed by atoms with Crippen LogP contribution in [0.5, 0.6) is 0 Å². The van der Waals surface area contributed by atoms with Crippen molar-refractivity contribution < 1.29 is 19.1 Å². The van der Waals surface area contributed by atoms with E-state index in [1.807, 2.05) is 0 Å². The Labute approximate surface area is 102 Å². The minimum Gasteiger partial charge on any atom is -0.480 e. The minimum absolute atomic E-state index is 0.166. The number of carboxylic acids is 1. The molecule has 0 radical (unpaired) electrons. The number of halogens is 1. The molecule has 18 heavy (non-hydrogen) atoms. The fourth-order valence-electron chi connectivity index (χ4n) is 1.71. The Kier molecular flexibility index (Phi) is 3.01. The maximum absolute atomic E-state index is 13.4. The van der Waals surface area contributed by atoms with Gasteiger partial charge in [0.1, 0.15) is 18.1 Å². The lowest BCUT2D eigenvalue weighted by Gasteiger charge is -2.12. The maximum Gasteiger partial charge on any atom is 0.323 e. The molecule has 0 aliphatic carbocycles. The first-order chi connectivity index (χ1) is 8.49. The zero-order chi connectivity index (χ0) is 13.3. The molecule has 0 aliphatic rings. The molecule has 2 aromatic rings. The van der Waals surface area contributed by atoms with E-state index < -0.39 is 24.2 Å². The van der Waals surface area contributed by atoms with Crippen LogP contribution in [-0.2, 0) is 4.79 Å².